The summed E-state index contributed by atoms with van der Waals surface area (Å²) in [4.78, 5) is 4.37. The summed E-state index contributed by atoms with van der Waals surface area (Å²) in [6, 6.07) is 15.5. The predicted octanol–water partition coefficient (Wildman–Crippen LogP) is 4.40. The molecule has 0 radical (unpaired) electrons. The Bertz CT molecular complexity index is 756. The summed E-state index contributed by atoms with van der Waals surface area (Å²) in [6.45, 7) is 0.839. The van der Waals surface area contributed by atoms with Gasteiger partial charge in [-0.05, 0) is 49.0 Å². The molecule has 106 valence electrons. The van der Waals surface area contributed by atoms with E-state index >= 15 is 0 Å². The van der Waals surface area contributed by atoms with Crippen molar-refractivity contribution < 1.29 is 4.74 Å². The minimum atomic E-state index is 0.676. The maximum atomic E-state index is 6.19. The Morgan fingerprint density at radius 3 is 2.67 bits per heavy atom. The lowest BCUT2D eigenvalue weighted by molar-refractivity contribution is 0.487. The second kappa shape index (κ2) is 6.12. The number of ether oxygens (including phenoxy) is 1. The van der Waals surface area contributed by atoms with Crippen LogP contribution in [0.4, 0.5) is 0 Å². The monoisotopic (exact) mass is 298 g/mol. The summed E-state index contributed by atoms with van der Waals surface area (Å²) in [5, 5.41) is 4.69. The minimum absolute atomic E-state index is 0.676. The van der Waals surface area contributed by atoms with Gasteiger partial charge in [0.15, 0.2) is 5.75 Å². The third-order valence-electron chi connectivity index (χ3n) is 3.21. The molecule has 2 aromatic carbocycles. The lowest BCUT2D eigenvalue weighted by Gasteiger charge is -2.10. The van der Waals surface area contributed by atoms with Crippen LogP contribution in [0.15, 0.2) is 54.7 Å². The second-order valence-corrected chi connectivity index (χ2v) is 5.13. The van der Waals surface area contributed by atoms with E-state index in [1.807, 2.05) is 55.6 Å². The molecule has 4 heteroatoms. The Morgan fingerprint density at radius 1 is 1.10 bits per heavy atom. The van der Waals surface area contributed by atoms with Gasteiger partial charge in [0.2, 0.25) is 0 Å². The first-order valence-electron chi connectivity index (χ1n) is 6.72. The van der Waals surface area contributed by atoms with Crippen molar-refractivity contribution in [3.63, 3.8) is 0 Å². The van der Waals surface area contributed by atoms with Crippen LogP contribution >= 0.6 is 11.6 Å². The number of pyridine rings is 1. The van der Waals surface area contributed by atoms with Gasteiger partial charge in [-0.1, -0.05) is 23.7 Å². The van der Waals surface area contributed by atoms with Crippen LogP contribution in [0, 0.1) is 0 Å². The molecule has 0 saturated carbocycles. The third-order valence-corrected chi connectivity index (χ3v) is 3.54. The molecule has 0 aliphatic rings. The van der Waals surface area contributed by atoms with Crippen molar-refractivity contribution in [2.75, 3.05) is 7.05 Å². The van der Waals surface area contributed by atoms with Crippen LogP contribution in [-0.2, 0) is 6.54 Å². The molecule has 21 heavy (non-hydrogen) atoms. The number of nitrogens with zero attached hydrogens (tertiary/aromatic N) is 1. The molecule has 0 aliphatic heterocycles. The van der Waals surface area contributed by atoms with Gasteiger partial charge in [-0.3, -0.25) is 4.98 Å². The van der Waals surface area contributed by atoms with Gasteiger partial charge in [0.1, 0.15) is 11.3 Å². The van der Waals surface area contributed by atoms with Crippen LogP contribution in [-0.4, -0.2) is 12.0 Å². The highest BCUT2D eigenvalue weighted by atomic mass is 35.5. The van der Waals surface area contributed by atoms with Crippen molar-refractivity contribution in [1.82, 2.24) is 10.3 Å². The molecule has 1 heterocycles. The Morgan fingerprint density at radius 2 is 1.90 bits per heavy atom. The Labute approximate surface area is 128 Å². The number of hydrogen-bond acceptors (Lipinski definition) is 3. The number of benzene rings is 2. The van der Waals surface area contributed by atoms with Gasteiger partial charge >= 0.3 is 0 Å². The SMILES string of the molecule is CNCc1ccc(Oc2ccc(Cl)c3cccnc23)cc1. The van der Waals surface area contributed by atoms with Crippen molar-refractivity contribution in [2.45, 2.75) is 6.54 Å². The highest BCUT2D eigenvalue weighted by Crippen LogP contribution is 2.32. The zero-order valence-electron chi connectivity index (χ0n) is 11.6. The third kappa shape index (κ3) is 2.99. The topological polar surface area (TPSA) is 34.1 Å². The fourth-order valence-electron chi connectivity index (χ4n) is 2.20. The van der Waals surface area contributed by atoms with Gasteiger partial charge in [-0.25, -0.2) is 0 Å². The number of hydrogen-bond donors (Lipinski definition) is 1. The lowest BCUT2D eigenvalue weighted by atomic mass is 10.2. The zero-order valence-corrected chi connectivity index (χ0v) is 12.4. The van der Waals surface area contributed by atoms with E-state index in [0.717, 1.165) is 23.2 Å². The van der Waals surface area contributed by atoms with Crippen molar-refractivity contribution >= 4 is 22.5 Å². The Hall–Kier alpha value is -2.10. The lowest BCUT2D eigenvalue weighted by Crippen LogP contribution is -2.04. The molecule has 3 aromatic rings. The molecule has 0 amide bonds. The minimum Gasteiger partial charge on any atom is -0.455 e. The van der Waals surface area contributed by atoms with E-state index in [1.165, 1.54) is 5.56 Å². The molecule has 0 aliphatic carbocycles. The van der Waals surface area contributed by atoms with Crippen molar-refractivity contribution in [2.24, 2.45) is 0 Å². The first-order chi connectivity index (χ1) is 10.3. The van der Waals surface area contributed by atoms with Gasteiger partial charge in [0, 0.05) is 18.1 Å². The van der Waals surface area contributed by atoms with Crippen LogP contribution in [0.3, 0.4) is 0 Å². The Balaban J connectivity index is 1.93. The van der Waals surface area contributed by atoms with Gasteiger partial charge < -0.3 is 10.1 Å². The molecule has 3 nitrogen and oxygen atoms in total. The summed E-state index contributed by atoms with van der Waals surface area (Å²) >= 11 is 6.19. The number of aromatic nitrogens is 1. The van der Waals surface area contributed by atoms with Gasteiger partial charge in [0.25, 0.3) is 0 Å². The smallest absolute Gasteiger partial charge is 0.153 e. The summed E-state index contributed by atoms with van der Waals surface area (Å²) in [5.74, 6) is 1.49. The summed E-state index contributed by atoms with van der Waals surface area (Å²) in [7, 11) is 1.93. The van der Waals surface area contributed by atoms with E-state index in [0.29, 0.717) is 10.8 Å². The molecule has 0 fully saturated rings. The highest BCUT2D eigenvalue weighted by molar-refractivity contribution is 6.35. The first kappa shape index (κ1) is 13.9. The normalized spacial score (nSPS) is 10.8. The largest absolute Gasteiger partial charge is 0.455 e. The first-order valence-corrected chi connectivity index (χ1v) is 7.10. The molecular formula is C17H15ClN2O. The number of fused-ring (bicyclic) bond motifs is 1. The van der Waals surface area contributed by atoms with E-state index in [4.69, 9.17) is 16.3 Å². The number of nitrogens with one attached hydrogen (secondary N) is 1. The van der Waals surface area contributed by atoms with Crippen molar-refractivity contribution in [3.8, 4) is 11.5 Å². The molecule has 0 unspecified atom stereocenters. The van der Waals surface area contributed by atoms with Gasteiger partial charge in [-0.15, -0.1) is 0 Å². The molecular weight excluding hydrogens is 284 g/mol. The molecule has 0 bridgehead atoms. The zero-order chi connectivity index (χ0) is 14.7. The van der Waals surface area contributed by atoms with E-state index in [2.05, 4.69) is 10.3 Å². The summed E-state index contributed by atoms with van der Waals surface area (Å²) < 4.78 is 5.94. The molecule has 0 saturated heterocycles. The van der Waals surface area contributed by atoms with E-state index in [-0.39, 0.29) is 0 Å². The van der Waals surface area contributed by atoms with Gasteiger partial charge in [-0.2, -0.15) is 0 Å². The van der Waals surface area contributed by atoms with Crippen molar-refractivity contribution in [1.29, 1.82) is 0 Å². The average Bonchev–Trinajstić information content (AvgIpc) is 2.52. The van der Waals surface area contributed by atoms with E-state index < -0.39 is 0 Å². The van der Waals surface area contributed by atoms with E-state index in [9.17, 15) is 0 Å². The number of rotatable bonds is 4. The predicted molar refractivity (Wildman–Crippen MR) is 86.0 cm³/mol. The quantitative estimate of drug-likeness (QED) is 0.775. The van der Waals surface area contributed by atoms with Gasteiger partial charge in [0.05, 0.1) is 5.02 Å². The number of halogens is 1. The fraction of sp³-hybridized carbons (Fsp3) is 0.118. The maximum absolute atomic E-state index is 6.19. The highest BCUT2D eigenvalue weighted by Gasteiger charge is 2.07. The molecule has 3 rings (SSSR count). The maximum Gasteiger partial charge on any atom is 0.153 e. The molecule has 1 aromatic heterocycles. The average molecular weight is 299 g/mol. The fourth-order valence-corrected chi connectivity index (χ4v) is 2.42. The van der Waals surface area contributed by atoms with Crippen LogP contribution in [0.25, 0.3) is 10.9 Å². The molecule has 1 N–H and O–H groups in total. The second-order valence-electron chi connectivity index (χ2n) is 4.72. The molecule has 0 atom stereocenters. The van der Waals surface area contributed by atoms with Crippen molar-refractivity contribution in [3.05, 3.63) is 65.3 Å². The van der Waals surface area contributed by atoms with Crippen LogP contribution in [0.1, 0.15) is 5.56 Å². The summed E-state index contributed by atoms with van der Waals surface area (Å²) in [5.41, 5.74) is 1.98. The van der Waals surface area contributed by atoms with Crippen LogP contribution < -0.4 is 10.1 Å². The van der Waals surface area contributed by atoms with E-state index in [1.54, 1.807) is 6.20 Å². The standard InChI is InChI=1S/C17H15ClN2O/c1-19-11-12-4-6-13(7-5-12)21-16-9-8-15(18)14-3-2-10-20-17(14)16/h2-10,19H,11H2,1H3. The molecule has 0 spiro atoms. The Kier molecular flexibility index (Phi) is 4.04. The summed E-state index contributed by atoms with van der Waals surface area (Å²) in [6.07, 6.45) is 1.74. The van der Waals surface area contributed by atoms with Crippen LogP contribution in [0.5, 0.6) is 11.5 Å². The van der Waals surface area contributed by atoms with Crippen LogP contribution in [0.2, 0.25) is 5.02 Å².